The Morgan fingerprint density at radius 1 is 1.08 bits per heavy atom. The Labute approximate surface area is 151 Å². The van der Waals surface area contributed by atoms with Crippen LogP contribution < -0.4 is 10.6 Å². The molecule has 0 spiro atoms. The van der Waals surface area contributed by atoms with E-state index in [9.17, 15) is 9.18 Å². The van der Waals surface area contributed by atoms with Gasteiger partial charge in [0, 0.05) is 18.6 Å². The topological polar surface area (TPSA) is 66.9 Å². The maximum atomic E-state index is 13.6. The summed E-state index contributed by atoms with van der Waals surface area (Å²) < 4.78 is 13.6. The van der Waals surface area contributed by atoms with Crippen LogP contribution in [0.3, 0.4) is 0 Å². The molecule has 1 atom stereocenters. The molecule has 0 aliphatic carbocycles. The molecule has 0 fully saturated rings. The zero-order valence-corrected chi connectivity index (χ0v) is 14.3. The molecule has 1 unspecified atom stereocenters. The van der Waals surface area contributed by atoms with E-state index < -0.39 is 0 Å². The fourth-order valence-electron chi connectivity index (χ4n) is 2.68. The number of carbonyl (C=O) groups is 1. The van der Waals surface area contributed by atoms with Crippen LogP contribution in [-0.2, 0) is 4.79 Å². The van der Waals surface area contributed by atoms with Crippen molar-refractivity contribution >= 4 is 11.6 Å². The largest absolute Gasteiger partial charge is 0.324 e. The van der Waals surface area contributed by atoms with Crippen molar-refractivity contribution in [3.8, 4) is 0 Å². The molecular formula is C20H19FN4O. The van der Waals surface area contributed by atoms with Crippen molar-refractivity contribution in [2.45, 2.75) is 13.0 Å². The van der Waals surface area contributed by atoms with Crippen molar-refractivity contribution in [3.63, 3.8) is 0 Å². The molecule has 1 aromatic carbocycles. The van der Waals surface area contributed by atoms with Crippen molar-refractivity contribution in [1.82, 2.24) is 15.3 Å². The van der Waals surface area contributed by atoms with Crippen molar-refractivity contribution in [1.29, 1.82) is 0 Å². The predicted octanol–water partition coefficient (Wildman–Crippen LogP) is 3.24. The van der Waals surface area contributed by atoms with Gasteiger partial charge < -0.3 is 5.32 Å². The summed E-state index contributed by atoms with van der Waals surface area (Å²) in [6.45, 7) is 1.97. The summed E-state index contributed by atoms with van der Waals surface area (Å²) in [5.74, 6) is -0.531. The smallest absolute Gasteiger partial charge is 0.238 e. The Hall–Kier alpha value is -3.12. The lowest BCUT2D eigenvalue weighted by molar-refractivity contribution is -0.115. The molecule has 0 aliphatic heterocycles. The predicted molar refractivity (Wildman–Crippen MR) is 98.1 cm³/mol. The molecule has 2 N–H and O–H groups in total. The quantitative estimate of drug-likeness (QED) is 0.716. The third-order valence-corrected chi connectivity index (χ3v) is 3.83. The Kier molecular flexibility index (Phi) is 5.66. The summed E-state index contributed by atoms with van der Waals surface area (Å²) in [4.78, 5) is 20.4. The van der Waals surface area contributed by atoms with E-state index in [1.54, 1.807) is 30.9 Å². The minimum Gasteiger partial charge on any atom is -0.324 e. The summed E-state index contributed by atoms with van der Waals surface area (Å²) >= 11 is 0. The van der Waals surface area contributed by atoms with Gasteiger partial charge in [-0.25, -0.2) is 4.39 Å². The van der Waals surface area contributed by atoms with Crippen molar-refractivity contribution in [2.24, 2.45) is 0 Å². The number of pyridine rings is 2. The maximum absolute atomic E-state index is 13.6. The van der Waals surface area contributed by atoms with Gasteiger partial charge in [-0.2, -0.15) is 0 Å². The van der Waals surface area contributed by atoms with E-state index in [-0.39, 0.29) is 24.3 Å². The molecule has 132 valence electrons. The Morgan fingerprint density at radius 3 is 2.65 bits per heavy atom. The SMILES string of the molecule is Cc1cncc(NC(=O)CNC(c2cccnc2)c2cccc(F)c2)c1. The average Bonchev–Trinajstić information content (AvgIpc) is 2.63. The van der Waals surface area contributed by atoms with Gasteiger partial charge in [0.2, 0.25) is 5.91 Å². The third-order valence-electron chi connectivity index (χ3n) is 3.83. The van der Waals surface area contributed by atoms with E-state index in [1.165, 1.54) is 12.1 Å². The number of hydrogen-bond acceptors (Lipinski definition) is 4. The molecular weight excluding hydrogens is 331 g/mol. The molecule has 26 heavy (non-hydrogen) atoms. The van der Waals surface area contributed by atoms with Crippen LogP contribution in [0.2, 0.25) is 0 Å². The van der Waals surface area contributed by atoms with E-state index in [0.29, 0.717) is 5.69 Å². The number of benzene rings is 1. The number of nitrogens with one attached hydrogen (secondary N) is 2. The van der Waals surface area contributed by atoms with Crippen molar-refractivity contribution in [3.05, 3.63) is 89.8 Å². The lowest BCUT2D eigenvalue weighted by Crippen LogP contribution is -2.32. The standard InChI is InChI=1S/C20H19FN4O/c1-14-8-18(12-23-10-14)25-19(26)13-24-20(16-5-3-7-22-11-16)15-4-2-6-17(21)9-15/h2-12,20,24H,13H2,1H3,(H,25,26). The summed E-state index contributed by atoms with van der Waals surface area (Å²) in [6, 6.07) is 11.5. The number of rotatable bonds is 6. The molecule has 0 saturated heterocycles. The first-order chi connectivity index (χ1) is 12.6. The summed E-state index contributed by atoms with van der Waals surface area (Å²) in [5.41, 5.74) is 3.18. The highest BCUT2D eigenvalue weighted by Crippen LogP contribution is 2.22. The number of amides is 1. The van der Waals surface area contributed by atoms with Gasteiger partial charge in [-0.05, 0) is 47.9 Å². The first-order valence-electron chi connectivity index (χ1n) is 8.22. The average molecular weight is 350 g/mol. The van der Waals surface area contributed by atoms with Crippen LogP contribution in [-0.4, -0.2) is 22.4 Å². The molecule has 0 radical (unpaired) electrons. The summed E-state index contributed by atoms with van der Waals surface area (Å²) in [6.07, 6.45) is 6.68. The van der Waals surface area contributed by atoms with E-state index in [4.69, 9.17) is 0 Å². The van der Waals surface area contributed by atoms with Crippen molar-refractivity contribution < 1.29 is 9.18 Å². The number of aromatic nitrogens is 2. The van der Waals surface area contributed by atoms with Crippen LogP contribution in [0.4, 0.5) is 10.1 Å². The zero-order chi connectivity index (χ0) is 18.4. The lowest BCUT2D eigenvalue weighted by Gasteiger charge is -2.19. The molecule has 6 heteroatoms. The highest BCUT2D eigenvalue weighted by Gasteiger charge is 2.16. The Morgan fingerprint density at radius 2 is 1.92 bits per heavy atom. The minimum absolute atomic E-state index is 0.0595. The highest BCUT2D eigenvalue weighted by atomic mass is 19.1. The van der Waals surface area contributed by atoms with E-state index in [1.807, 2.05) is 31.2 Å². The van der Waals surface area contributed by atoms with Crippen LogP contribution in [0.5, 0.6) is 0 Å². The van der Waals surface area contributed by atoms with Gasteiger partial charge in [-0.15, -0.1) is 0 Å². The molecule has 2 heterocycles. The van der Waals surface area contributed by atoms with Crippen LogP contribution in [0, 0.1) is 12.7 Å². The van der Waals surface area contributed by atoms with Gasteiger partial charge in [0.05, 0.1) is 24.5 Å². The van der Waals surface area contributed by atoms with Crippen LogP contribution in [0.1, 0.15) is 22.7 Å². The summed E-state index contributed by atoms with van der Waals surface area (Å²) in [7, 11) is 0. The second-order valence-corrected chi connectivity index (χ2v) is 5.95. The first-order valence-corrected chi connectivity index (χ1v) is 8.22. The van der Waals surface area contributed by atoms with Crippen molar-refractivity contribution in [2.75, 3.05) is 11.9 Å². The fourth-order valence-corrected chi connectivity index (χ4v) is 2.68. The van der Waals surface area contributed by atoms with Crippen LogP contribution in [0.25, 0.3) is 0 Å². The normalized spacial score (nSPS) is 11.8. The number of aryl methyl sites for hydroxylation is 1. The molecule has 3 rings (SSSR count). The van der Waals surface area contributed by atoms with Gasteiger partial charge in [0.1, 0.15) is 5.82 Å². The number of halogens is 1. The molecule has 1 amide bonds. The molecule has 0 bridgehead atoms. The highest BCUT2D eigenvalue weighted by molar-refractivity contribution is 5.92. The van der Waals surface area contributed by atoms with Gasteiger partial charge in [0.25, 0.3) is 0 Å². The zero-order valence-electron chi connectivity index (χ0n) is 14.3. The second-order valence-electron chi connectivity index (χ2n) is 5.95. The number of nitrogens with zero attached hydrogens (tertiary/aromatic N) is 2. The first kappa shape index (κ1) is 17.7. The second kappa shape index (κ2) is 8.31. The Bertz CT molecular complexity index is 886. The van der Waals surface area contributed by atoms with Gasteiger partial charge in [0.15, 0.2) is 0 Å². The minimum atomic E-state index is -0.346. The molecule has 0 saturated carbocycles. The monoisotopic (exact) mass is 350 g/mol. The molecule has 2 aromatic heterocycles. The fraction of sp³-hybridized carbons (Fsp3) is 0.150. The molecule has 3 aromatic rings. The number of anilines is 1. The van der Waals surface area contributed by atoms with Gasteiger partial charge >= 0.3 is 0 Å². The maximum Gasteiger partial charge on any atom is 0.238 e. The number of carbonyl (C=O) groups excluding carboxylic acids is 1. The van der Waals surface area contributed by atoms with Crippen LogP contribution >= 0.6 is 0 Å². The van der Waals surface area contributed by atoms with Gasteiger partial charge in [-0.1, -0.05) is 18.2 Å². The van der Waals surface area contributed by atoms with E-state index in [0.717, 1.165) is 16.7 Å². The summed E-state index contributed by atoms with van der Waals surface area (Å²) in [5, 5.41) is 5.97. The van der Waals surface area contributed by atoms with Crippen LogP contribution in [0.15, 0.2) is 67.3 Å². The number of hydrogen-bond donors (Lipinski definition) is 2. The Balaban J connectivity index is 1.73. The molecule has 5 nitrogen and oxygen atoms in total. The molecule has 0 aliphatic rings. The third kappa shape index (κ3) is 4.70. The van der Waals surface area contributed by atoms with E-state index >= 15 is 0 Å². The lowest BCUT2D eigenvalue weighted by atomic mass is 10.00. The van der Waals surface area contributed by atoms with E-state index in [2.05, 4.69) is 20.6 Å². The van der Waals surface area contributed by atoms with Gasteiger partial charge in [-0.3, -0.25) is 20.1 Å².